The fraction of sp³-hybridized carbons (Fsp3) is 0.263. The highest BCUT2D eigenvalue weighted by atomic mass is 32.2. The van der Waals surface area contributed by atoms with Crippen molar-refractivity contribution in [3.8, 4) is 22.8 Å². The molecule has 1 heterocycles. The van der Waals surface area contributed by atoms with E-state index in [9.17, 15) is 4.21 Å². The van der Waals surface area contributed by atoms with Crippen LogP contribution < -0.4 is 9.47 Å². The van der Waals surface area contributed by atoms with Crippen molar-refractivity contribution in [1.82, 2.24) is 9.97 Å². The Labute approximate surface area is 153 Å². The lowest BCUT2D eigenvalue weighted by Gasteiger charge is -2.11. The molecule has 0 aliphatic carbocycles. The molecule has 0 saturated heterocycles. The van der Waals surface area contributed by atoms with Crippen LogP contribution in [0.1, 0.15) is 5.56 Å². The van der Waals surface area contributed by atoms with Gasteiger partial charge in [0.15, 0.2) is 11.5 Å². The number of ether oxygens (including phenoxy) is 2. The van der Waals surface area contributed by atoms with E-state index in [1.807, 2.05) is 36.4 Å². The molecule has 1 N–H and O–H groups in total. The minimum absolute atomic E-state index is 0.361. The van der Waals surface area contributed by atoms with E-state index in [1.54, 1.807) is 14.2 Å². The van der Waals surface area contributed by atoms with Gasteiger partial charge in [-0.3, -0.25) is 8.99 Å². The molecule has 0 fully saturated rings. The Morgan fingerprint density at radius 3 is 2.31 bits per heavy atom. The summed E-state index contributed by atoms with van der Waals surface area (Å²) in [5, 5.41) is 0.876. The van der Waals surface area contributed by atoms with E-state index in [-0.39, 0.29) is 0 Å². The molecule has 0 saturated carbocycles. The molecule has 1 aromatic heterocycles. The second-order valence-electron chi connectivity index (χ2n) is 6.10. The van der Waals surface area contributed by atoms with Gasteiger partial charge >= 0.3 is 0 Å². The molecule has 0 radical (unpaired) electrons. The van der Waals surface area contributed by atoms with Gasteiger partial charge < -0.3 is 9.47 Å². The van der Waals surface area contributed by atoms with Crippen molar-refractivity contribution in [2.45, 2.75) is 6.42 Å². The van der Waals surface area contributed by atoms with Gasteiger partial charge in [-0.05, 0) is 18.1 Å². The number of fused-ring (bicyclic) bond motifs is 1. The summed E-state index contributed by atoms with van der Waals surface area (Å²) in [7, 11) is 0.716. The van der Waals surface area contributed by atoms with Crippen molar-refractivity contribution < 1.29 is 13.7 Å². The smallest absolute Gasteiger partial charge is 0.162 e. The quantitative estimate of drug-likeness (QED) is 0.716. The molecule has 2 aromatic carbocycles. The zero-order valence-electron chi connectivity index (χ0n) is 15.0. The topological polar surface area (TPSA) is 85.2 Å². The van der Waals surface area contributed by atoms with Crippen LogP contribution in [0.25, 0.3) is 22.2 Å². The standard InChI is InChI=1S/C19H21N3O3S/c1-24-17-10-15-16(11-18(17)25-2)21-12-22-19(15)14-6-4-13(5-7-14)8-9-26(3,20)23/h4-7,10-12,20H,8-9H2,1-3H3. The molecule has 3 aromatic rings. The van der Waals surface area contributed by atoms with Gasteiger partial charge in [0, 0.05) is 38.8 Å². The number of benzene rings is 2. The van der Waals surface area contributed by atoms with Crippen LogP contribution in [-0.4, -0.2) is 40.4 Å². The lowest BCUT2D eigenvalue weighted by atomic mass is 10.0. The molecule has 0 bridgehead atoms. The van der Waals surface area contributed by atoms with E-state index < -0.39 is 9.73 Å². The number of hydrogen-bond donors (Lipinski definition) is 1. The van der Waals surface area contributed by atoms with Crippen molar-refractivity contribution in [2.24, 2.45) is 0 Å². The fourth-order valence-corrected chi connectivity index (χ4v) is 3.38. The van der Waals surface area contributed by atoms with Gasteiger partial charge in [0.25, 0.3) is 0 Å². The van der Waals surface area contributed by atoms with Crippen LogP contribution in [0.3, 0.4) is 0 Å². The van der Waals surface area contributed by atoms with E-state index in [1.165, 1.54) is 12.6 Å². The average Bonchev–Trinajstić information content (AvgIpc) is 2.64. The maximum atomic E-state index is 11.5. The van der Waals surface area contributed by atoms with E-state index >= 15 is 0 Å². The van der Waals surface area contributed by atoms with Gasteiger partial charge in [-0.25, -0.2) is 9.97 Å². The van der Waals surface area contributed by atoms with E-state index in [2.05, 4.69) is 9.97 Å². The molecule has 26 heavy (non-hydrogen) atoms. The van der Waals surface area contributed by atoms with Crippen molar-refractivity contribution in [2.75, 3.05) is 26.2 Å². The highest BCUT2D eigenvalue weighted by molar-refractivity contribution is 7.91. The molecule has 1 unspecified atom stereocenters. The summed E-state index contributed by atoms with van der Waals surface area (Å²) in [6.45, 7) is 0. The van der Waals surface area contributed by atoms with Crippen molar-refractivity contribution in [1.29, 1.82) is 4.78 Å². The first-order chi connectivity index (χ1) is 12.4. The number of nitrogens with zero attached hydrogens (tertiary/aromatic N) is 2. The third kappa shape index (κ3) is 3.94. The molecule has 0 aliphatic rings. The summed E-state index contributed by atoms with van der Waals surface area (Å²) < 4.78 is 29.8. The monoisotopic (exact) mass is 371 g/mol. The number of methoxy groups -OCH3 is 2. The molecular weight excluding hydrogens is 350 g/mol. The van der Waals surface area contributed by atoms with Gasteiger partial charge in [-0.2, -0.15) is 0 Å². The molecule has 0 aliphatic heterocycles. The predicted octanol–water partition coefficient (Wildman–Crippen LogP) is 3.53. The Bertz CT molecular complexity index is 1030. The Balaban J connectivity index is 1.99. The van der Waals surface area contributed by atoms with E-state index in [0.717, 1.165) is 27.7 Å². The predicted molar refractivity (Wildman–Crippen MR) is 103 cm³/mol. The first kappa shape index (κ1) is 18.1. The van der Waals surface area contributed by atoms with Crippen LogP contribution in [0.4, 0.5) is 0 Å². The zero-order chi connectivity index (χ0) is 18.7. The molecule has 0 amide bonds. The van der Waals surface area contributed by atoms with Crippen LogP contribution in [-0.2, 0) is 16.1 Å². The van der Waals surface area contributed by atoms with Crippen LogP contribution in [0.15, 0.2) is 42.7 Å². The zero-order valence-corrected chi connectivity index (χ0v) is 15.8. The highest BCUT2D eigenvalue weighted by Gasteiger charge is 2.12. The molecule has 136 valence electrons. The minimum Gasteiger partial charge on any atom is -0.493 e. The third-order valence-electron chi connectivity index (χ3n) is 4.15. The SMILES string of the molecule is COc1cc2ncnc(-c3ccc(CCS(C)(=N)=O)cc3)c2cc1OC. The molecule has 1 atom stereocenters. The number of rotatable bonds is 6. The lowest BCUT2D eigenvalue weighted by Crippen LogP contribution is -2.04. The highest BCUT2D eigenvalue weighted by Crippen LogP contribution is 2.35. The van der Waals surface area contributed by atoms with Gasteiger partial charge in [-0.15, -0.1) is 0 Å². The van der Waals surface area contributed by atoms with Gasteiger partial charge in [-0.1, -0.05) is 24.3 Å². The van der Waals surface area contributed by atoms with Crippen LogP contribution in [0.5, 0.6) is 11.5 Å². The molecular formula is C19H21N3O3S. The Morgan fingerprint density at radius 1 is 1.04 bits per heavy atom. The van der Waals surface area contributed by atoms with Crippen LogP contribution >= 0.6 is 0 Å². The summed E-state index contributed by atoms with van der Waals surface area (Å²) in [4.78, 5) is 8.77. The maximum Gasteiger partial charge on any atom is 0.162 e. The average molecular weight is 371 g/mol. The molecule has 7 heteroatoms. The van der Waals surface area contributed by atoms with Crippen LogP contribution in [0, 0.1) is 4.78 Å². The summed E-state index contributed by atoms with van der Waals surface area (Å²) in [6.07, 6.45) is 3.62. The maximum absolute atomic E-state index is 11.5. The number of hydrogen-bond acceptors (Lipinski definition) is 6. The van der Waals surface area contributed by atoms with Gasteiger partial charge in [0.2, 0.25) is 0 Å². The molecule has 3 rings (SSSR count). The van der Waals surface area contributed by atoms with Gasteiger partial charge in [0.05, 0.1) is 25.4 Å². The Kier molecular flexibility index (Phi) is 5.08. The fourth-order valence-electron chi connectivity index (χ4n) is 2.76. The minimum atomic E-state index is -2.47. The first-order valence-corrected chi connectivity index (χ1v) is 10.2. The van der Waals surface area contributed by atoms with Crippen molar-refractivity contribution in [3.05, 3.63) is 48.3 Å². The number of aromatic nitrogens is 2. The lowest BCUT2D eigenvalue weighted by molar-refractivity contribution is 0.356. The number of nitrogens with one attached hydrogen (secondary N) is 1. The molecule has 0 spiro atoms. The first-order valence-electron chi connectivity index (χ1n) is 8.09. The summed E-state index contributed by atoms with van der Waals surface area (Å²) in [5.41, 5.74) is 3.59. The third-order valence-corrected chi connectivity index (χ3v) is 5.13. The largest absolute Gasteiger partial charge is 0.493 e. The molecule has 6 nitrogen and oxygen atoms in total. The summed E-state index contributed by atoms with van der Waals surface area (Å²) >= 11 is 0. The van der Waals surface area contributed by atoms with Gasteiger partial charge in [0.1, 0.15) is 6.33 Å². The van der Waals surface area contributed by atoms with Crippen LogP contribution in [0.2, 0.25) is 0 Å². The number of aryl methyl sites for hydroxylation is 1. The van der Waals surface area contributed by atoms with Crippen molar-refractivity contribution in [3.63, 3.8) is 0 Å². The normalized spacial score (nSPS) is 13.3. The second-order valence-corrected chi connectivity index (χ2v) is 8.52. The van der Waals surface area contributed by atoms with Crippen molar-refractivity contribution >= 4 is 20.6 Å². The Hall–Kier alpha value is -2.67. The van der Waals surface area contributed by atoms with E-state index in [4.69, 9.17) is 14.3 Å². The summed E-state index contributed by atoms with van der Waals surface area (Å²) in [6, 6.07) is 11.6. The second kappa shape index (κ2) is 7.29. The van der Waals surface area contributed by atoms with E-state index in [0.29, 0.717) is 23.7 Å². The summed E-state index contributed by atoms with van der Waals surface area (Å²) in [5.74, 6) is 1.61. The Morgan fingerprint density at radius 2 is 1.69 bits per heavy atom.